The van der Waals surface area contributed by atoms with Crippen LogP contribution in [0.15, 0.2) is 12.2 Å². The van der Waals surface area contributed by atoms with E-state index in [0.717, 1.165) is 19.3 Å². The van der Waals surface area contributed by atoms with Crippen molar-refractivity contribution in [2.24, 2.45) is 5.92 Å². The van der Waals surface area contributed by atoms with Gasteiger partial charge in [0.2, 0.25) is 11.8 Å². The Morgan fingerprint density at radius 1 is 1.07 bits per heavy atom. The Morgan fingerprint density at radius 3 is 2.53 bits per heavy atom. The lowest BCUT2D eigenvalue weighted by Crippen LogP contribution is -2.59. The fraction of sp³-hybridized carbons (Fsp3) is 0.793. The van der Waals surface area contributed by atoms with Gasteiger partial charge in [0.15, 0.2) is 0 Å². The first-order chi connectivity index (χ1) is 20.3. The summed E-state index contributed by atoms with van der Waals surface area (Å²) in [5.74, 6) is -2.05. The van der Waals surface area contributed by atoms with Crippen LogP contribution in [0.1, 0.15) is 85.0 Å². The van der Waals surface area contributed by atoms with Crippen molar-refractivity contribution in [2.75, 3.05) is 26.8 Å². The number of ether oxygens (including phenoxy) is 2. The van der Waals surface area contributed by atoms with Gasteiger partial charge in [0.25, 0.3) is 5.91 Å². The molecular formula is C29H47N5O8S. The second-order valence-corrected chi connectivity index (χ2v) is 14.6. The van der Waals surface area contributed by atoms with Gasteiger partial charge < -0.3 is 25.0 Å². The zero-order valence-electron chi connectivity index (χ0n) is 25.7. The van der Waals surface area contributed by atoms with Crippen molar-refractivity contribution >= 4 is 34.0 Å². The predicted molar refractivity (Wildman–Crippen MR) is 158 cm³/mol. The molecule has 14 heteroatoms. The van der Waals surface area contributed by atoms with Crippen LogP contribution in [-0.4, -0.2) is 97.5 Å². The topological polar surface area (TPSA) is 163 Å². The third kappa shape index (κ3) is 8.07. The summed E-state index contributed by atoms with van der Waals surface area (Å²) in [7, 11) is -2.67. The van der Waals surface area contributed by atoms with Gasteiger partial charge in [-0.05, 0) is 72.1 Å². The summed E-state index contributed by atoms with van der Waals surface area (Å²) in [6.45, 7) is 6.05. The van der Waals surface area contributed by atoms with E-state index in [1.807, 2.05) is 12.2 Å². The maximum absolute atomic E-state index is 13.7. The van der Waals surface area contributed by atoms with Crippen molar-refractivity contribution in [3.8, 4) is 0 Å². The normalized spacial score (nSPS) is 31.6. The van der Waals surface area contributed by atoms with E-state index in [1.165, 1.54) is 16.3 Å². The minimum Gasteiger partial charge on any atom is -0.444 e. The lowest BCUT2D eigenvalue weighted by Gasteiger charge is -2.31. The fourth-order valence-electron chi connectivity index (χ4n) is 6.29. The molecule has 0 radical (unpaired) electrons. The Hall–Kier alpha value is -2.71. The molecule has 0 aromatic rings. The van der Waals surface area contributed by atoms with Gasteiger partial charge in [-0.3, -0.25) is 14.4 Å². The van der Waals surface area contributed by atoms with Gasteiger partial charge in [-0.2, -0.15) is 12.7 Å². The zero-order chi connectivity index (χ0) is 31.4. The van der Waals surface area contributed by atoms with Gasteiger partial charge in [0.05, 0.1) is 6.61 Å². The summed E-state index contributed by atoms with van der Waals surface area (Å²) >= 11 is 0. The highest BCUT2D eigenvalue weighted by molar-refractivity contribution is 7.87. The molecule has 0 spiro atoms. The molecule has 3 aliphatic heterocycles. The van der Waals surface area contributed by atoms with Crippen LogP contribution in [0.25, 0.3) is 0 Å². The van der Waals surface area contributed by atoms with Crippen molar-refractivity contribution in [3.63, 3.8) is 0 Å². The average molecular weight is 626 g/mol. The number of hydrogen-bond donors (Lipinski definition) is 3. The van der Waals surface area contributed by atoms with Gasteiger partial charge in [-0.15, -0.1) is 0 Å². The Kier molecular flexibility index (Phi) is 10.4. The van der Waals surface area contributed by atoms with Gasteiger partial charge in [-0.25, -0.2) is 9.52 Å². The third-order valence-electron chi connectivity index (χ3n) is 8.54. The molecule has 0 bridgehead atoms. The summed E-state index contributed by atoms with van der Waals surface area (Å²) in [5.41, 5.74) is -2.18. The number of fused-ring (bicyclic) bond motifs is 2. The van der Waals surface area contributed by atoms with Crippen molar-refractivity contribution < 1.29 is 37.1 Å². The molecule has 242 valence electrons. The van der Waals surface area contributed by atoms with E-state index < -0.39 is 51.3 Å². The molecule has 1 aliphatic carbocycles. The smallest absolute Gasteiger partial charge is 0.408 e. The number of nitrogens with zero attached hydrogens (tertiary/aromatic N) is 2. The average Bonchev–Trinajstić information content (AvgIpc) is 3.23. The van der Waals surface area contributed by atoms with Crippen LogP contribution in [0.2, 0.25) is 0 Å². The lowest BCUT2D eigenvalue weighted by molar-refractivity contribution is -0.141. The van der Waals surface area contributed by atoms with E-state index in [1.54, 1.807) is 20.8 Å². The molecule has 5 atom stereocenters. The summed E-state index contributed by atoms with van der Waals surface area (Å²) in [6.07, 6.45) is 9.11. The van der Waals surface area contributed by atoms with Crippen LogP contribution in [-0.2, 0) is 34.1 Å². The predicted octanol–water partition coefficient (Wildman–Crippen LogP) is 1.74. The number of rotatable bonds is 6. The Labute approximate surface area is 254 Å². The first-order valence-electron chi connectivity index (χ1n) is 15.4. The third-order valence-corrected chi connectivity index (χ3v) is 10.1. The molecule has 0 aromatic carbocycles. The number of methoxy groups -OCH3 is 1. The number of amides is 4. The van der Waals surface area contributed by atoms with Crippen LogP contribution in [0, 0.1) is 5.92 Å². The number of hydrogen-bond acceptors (Lipinski definition) is 8. The zero-order valence-corrected chi connectivity index (χ0v) is 26.5. The van der Waals surface area contributed by atoms with Crippen LogP contribution in [0.3, 0.4) is 0 Å². The molecule has 2 saturated heterocycles. The highest BCUT2D eigenvalue weighted by atomic mass is 32.2. The molecule has 13 nitrogen and oxygen atoms in total. The van der Waals surface area contributed by atoms with Crippen molar-refractivity contribution in [3.05, 3.63) is 12.2 Å². The molecule has 4 amide bonds. The van der Waals surface area contributed by atoms with Gasteiger partial charge in [-0.1, -0.05) is 25.0 Å². The standard InChI is InChI=1S/C29H47N5O8S/c1-28(2,3)42-27(38)30-22-14-9-7-5-6-8-12-20-18-29(20,31-24(35)23-15-11-16-33(23)25(22)36)26(37)32-43(39,40)34-17-10-13-21(34)19-41-4/h8,12,20-23H,5-7,9-11,13-19H2,1-4H3,(H,30,38)(H,31,35)(H,32,37)/b12-8-/t20-,21-,22+,23+,29-/m1/s1. The largest absolute Gasteiger partial charge is 0.444 e. The highest BCUT2D eigenvalue weighted by Gasteiger charge is 2.61. The van der Waals surface area contributed by atoms with E-state index >= 15 is 0 Å². The molecular weight excluding hydrogens is 578 g/mol. The van der Waals surface area contributed by atoms with E-state index in [9.17, 15) is 27.6 Å². The van der Waals surface area contributed by atoms with E-state index in [4.69, 9.17) is 9.47 Å². The fourth-order valence-corrected chi connectivity index (χ4v) is 7.76. The number of alkyl carbamates (subject to hydrolysis) is 1. The number of allylic oxidation sites excluding steroid dienone is 1. The Balaban J connectivity index is 1.54. The van der Waals surface area contributed by atoms with E-state index in [0.29, 0.717) is 45.1 Å². The summed E-state index contributed by atoms with van der Waals surface area (Å²) in [6, 6.07) is -2.08. The van der Waals surface area contributed by atoms with Gasteiger partial charge in [0, 0.05) is 32.2 Å². The van der Waals surface area contributed by atoms with Crippen molar-refractivity contribution in [2.45, 2.75) is 114 Å². The van der Waals surface area contributed by atoms with E-state index in [2.05, 4.69) is 15.4 Å². The van der Waals surface area contributed by atoms with Crippen molar-refractivity contribution in [1.82, 2.24) is 24.6 Å². The molecule has 4 aliphatic rings. The molecule has 0 unspecified atom stereocenters. The maximum atomic E-state index is 13.7. The quantitative estimate of drug-likeness (QED) is 0.376. The molecule has 0 aromatic heterocycles. The minimum absolute atomic E-state index is 0.220. The second-order valence-electron chi connectivity index (χ2n) is 13.0. The molecule has 1 saturated carbocycles. The molecule has 43 heavy (non-hydrogen) atoms. The van der Waals surface area contributed by atoms with Crippen molar-refractivity contribution in [1.29, 1.82) is 0 Å². The van der Waals surface area contributed by atoms with Crippen LogP contribution in [0.4, 0.5) is 4.79 Å². The van der Waals surface area contributed by atoms with Crippen LogP contribution >= 0.6 is 0 Å². The molecule has 3 N–H and O–H groups in total. The second kappa shape index (κ2) is 13.5. The summed E-state index contributed by atoms with van der Waals surface area (Å²) < 4.78 is 40.6. The molecule has 3 fully saturated rings. The number of carbonyl (C=O) groups is 4. The minimum atomic E-state index is -4.17. The number of nitrogens with one attached hydrogen (secondary N) is 3. The Morgan fingerprint density at radius 2 is 1.81 bits per heavy atom. The SMILES string of the molecule is COC[C@H]1CCCN1S(=O)(=O)NC(=O)[C@@]12C[C@H]1/C=C\CCCCC[C@H](NC(=O)OC(C)(C)C)C(=O)N1CCC[C@H]1C(=O)N2. The molecule has 4 rings (SSSR count). The monoisotopic (exact) mass is 625 g/mol. The van der Waals surface area contributed by atoms with Crippen LogP contribution in [0.5, 0.6) is 0 Å². The lowest BCUT2D eigenvalue weighted by atomic mass is 10.0. The number of carbonyl (C=O) groups excluding carboxylic acids is 4. The maximum Gasteiger partial charge on any atom is 0.408 e. The first-order valence-corrected chi connectivity index (χ1v) is 16.8. The van der Waals surface area contributed by atoms with Gasteiger partial charge in [0.1, 0.15) is 23.2 Å². The first kappa shape index (κ1) is 33.2. The van der Waals surface area contributed by atoms with E-state index in [-0.39, 0.29) is 37.4 Å². The summed E-state index contributed by atoms with van der Waals surface area (Å²) in [5, 5.41) is 5.56. The Bertz CT molecular complexity index is 1200. The molecule has 3 heterocycles. The van der Waals surface area contributed by atoms with Crippen LogP contribution < -0.4 is 15.4 Å². The van der Waals surface area contributed by atoms with Gasteiger partial charge >= 0.3 is 16.3 Å². The highest BCUT2D eigenvalue weighted by Crippen LogP contribution is 2.46. The summed E-state index contributed by atoms with van der Waals surface area (Å²) in [4.78, 5) is 55.1.